The fourth-order valence-corrected chi connectivity index (χ4v) is 2.32. The molecule has 0 spiro atoms. The first kappa shape index (κ1) is 9.59. The summed E-state index contributed by atoms with van der Waals surface area (Å²) in [6.45, 7) is 4.31. The van der Waals surface area contributed by atoms with Crippen molar-refractivity contribution in [3.8, 4) is 0 Å². The maximum absolute atomic E-state index is 4.73. The van der Waals surface area contributed by atoms with Crippen LogP contribution in [0.4, 0.5) is 0 Å². The van der Waals surface area contributed by atoms with E-state index in [2.05, 4.69) is 44.2 Å². The van der Waals surface area contributed by atoms with Crippen LogP contribution >= 0.6 is 0 Å². The molecule has 1 aromatic heterocycles. The van der Waals surface area contributed by atoms with Crippen molar-refractivity contribution in [2.45, 2.75) is 26.7 Å². The molecule has 1 aliphatic rings. The average molecular weight is 209 g/mol. The van der Waals surface area contributed by atoms with Gasteiger partial charge in [-0.1, -0.05) is 17.2 Å². The fraction of sp³-hybridized carbons (Fsp3) is 0.267. The monoisotopic (exact) mass is 209 g/mol. The maximum Gasteiger partial charge on any atom is 0.0709 e. The second-order valence-electron chi connectivity index (χ2n) is 4.72. The molecule has 0 amide bonds. The number of rotatable bonds is 0. The van der Waals surface area contributed by atoms with E-state index in [4.69, 9.17) is 4.98 Å². The summed E-state index contributed by atoms with van der Waals surface area (Å²) in [5.74, 6) is 0. The van der Waals surface area contributed by atoms with Gasteiger partial charge in [-0.3, -0.25) is 0 Å². The molecule has 0 aliphatic heterocycles. The Labute approximate surface area is 95.8 Å². The number of hydrogen-bond donors (Lipinski definition) is 0. The van der Waals surface area contributed by atoms with Gasteiger partial charge in [-0.2, -0.15) is 0 Å². The van der Waals surface area contributed by atoms with Gasteiger partial charge in [-0.15, -0.1) is 0 Å². The predicted molar refractivity (Wildman–Crippen MR) is 68.5 cm³/mol. The van der Waals surface area contributed by atoms with Gasteiger partial charge in [0.2, 0.25) is 0 Å². The normalized spacial score (nSPS) is 14.8. The van der Waals surface area contributed by atoms with Crippen molar-refractivity contribution in [1.82, 2.24) is 4.98 Å². The molecule has 0 atom stereocenters. The number of aryl methyl sites for hydroxylation is 2. The number of fused-ring (bicyclic) bond motifs is 2. The second-order valence-corrected chi connectivity index (χ2v) is 4.72. The van der Waals surface area contributed by atoms with Crippen molar-refractivity contribution in [1.29, 1.82) is 0 Å². The lowest BCUT2D eigenvalue weighted by Gasteiger charge is -2.14. The van der Waals surface area contributed by atoms with Gasteiger partial charge in [0.15, 0.2) is 0 Å². The molecule has 0 fully saturated rings. The van der Waals surface area contributed by atoms with E-state index in [-0.39, 0.29) is 0 Å². The lowest BCUT2D eigenvalue weighted by molar-refractivity contribution is 0.917. The second kappa shape index (κ2) is 3.44. The van der Waals surface area contributed by atoms with Crippen molar-refractivity contribution >= 4 is 17.0 Å². The molecule has 1 aromatic carbocycles. The van der Waals surface area contributed by atoms with Crippen molar-refractivity contribution in [3.63, 3.8) is 0 Å². The van der Waals surface area contributed by atoms with Crippen LogP contribution in [0.25, 0.3) is 17.0 Å². The Hall–Kier alpha value is -1.63. The van der Waals surface area contributed by atoms with E-state index in [1.165, 1.54) is 34.2 Å². The minimum Gasteiger partial charge on any atom is -0.248 e. The molecule has 1 aliphatic carbocycles. The van der Waals surface area contributed by atoms with Gasteiger partial charge in [-0.05, 0) is 56.5 Å². The highest BCUT2D eigenvalue weighted by Gasteiger charge is 2.10. The summed E-state index contributed by atoms with van der Waals surface area (Å²) in [5, 5.41) is 1.27. The van der Waals surface area contributed by atoms with Crippen LogP contribution in [0.15, 0.2) is 29.8 Å². The van der Waals surface area contributed by atoms with E-state index in [0.717, 1.165) is 11.9 Å². The number of hydrogen-bond acceptors (Lipinski definition) is 1. The van der Waals surface area contributed by atoms with Crippen LogP contribution in [0.3, 0.4) is 0 Å². The molecular formula is C15H15N. The summed E-state index contributed by atoms with van der Waals surface area (Å²) in [6.07, 6.45) is 4.53. The summed E-state index contributed by atoms with van der Waals surface area (Å²) in [5.41, 5.74) is 6.40. The van der Waals surface area contributed by atoms with Gasteiger partial charge >= 0.3 is 0 Å². The molecule has 0 N–H and O–H groups in total. The molecule has 80 valence electrons. The highest BCUT2D eigenvalue weighted by atomic mass is 14.7. The smallest absolute Gasteiger partial charge is 0.0709 e. The highest BCUT2D eigenvalue weighted by Crippen LogP contribution is 2.26. The first-order chi connectivity index (χ1) is 7.72. The zero-order chi connectivity index (χ0) is 11.1. The Morgan fingerprint density at radius 1 is 1.06 bits per heavy atom. The standard InChI is InChI=1S/C15H15N/c1-10-4-6-14-13(7-10)9-12-5-3-11(2)8-15(12)16-14/h4,6-9H,3,5H2,1-2H3. The SMILES string of the molecule is CC1=Cc2nc3ccc(C)cc3cc2CC1. The van der Waals surface area contributed by atoms with Crippen molar-refractivity contribution in [2.24, 2.45) is 0 Å². The number of benzene rings is 1. The van der Waals surface area contributed by atoms with Gasteiger partial charge in [0, 0.05) is 5.39 Å². The Morgan fingerprint density at radius 3 is 2.81 bits per heavy atom. The number of aromatic nitrogens is 1. The molecule has 1 nitrogen and oxygen atoms in total. The molecule has 0 radical (unpaired) electrons. The summed E-state index contributed by atoms with van der Waals surface area (Å²) in [7, 11) is 0. The molecule has 0 saturated carbocycles. The Bertz CT molecular complexity index is 594. The molecule has 0 bridgehead atoms. The molecule has 3 rings (SSSR count). The predicted octanol–water partition coefficient (Wildman–Crippen LogP) is 3.89. The van der Waals surface area contributed by atoms with Gasteiger partial charge in [-0.25, -0.2) is 4.98 Å². The lowest BCUT2D eigenvalue weighted by Crippen LogP contribution is -2.00. The van der Waals surface area contributed by atoms with E-state index in [1.807, 2.05) is 0 Å². The molecule has 2 aromatic rings. The zero-order valence-electron chi connectivity index (χ0n) is 9.75. The first-order valence-electron chi connectivity index (χ1n) is 5.80. The number of pyridine rings is 1. The van der Waals surface area contributed by atoms with Gasteiger partial charge in [0.05, 0.1) is 11.2 Å². The van der Waals surface area contributed by atoms with Crippen molar-refractivity contribution < 1.29 is 0 Å². The van der Waals surface area contributed by atoms with Crippen LogP contribution in [-0.2, 0) is 6.42 Å². The third-order valence-corrected chi connectivity index (χ3v) is 3.25. The summed E-state index contributed by atoms with van der Waals surface area (Å²) in [6, 6.07) is 8.76. The molecule has 1 heteroatoms. The van der Waals surface area contributed by atoms with Crippen LogP contribution in [0.1, 0.15) is 30.2 Å². The fourth-order valence-electron chi connectivity index (χ4n) is 2.32. The van der Waals surface area contributed by atoms with E-state index in [1.54, 1.807) is 0 Å². The molecule has 16 heavy (non-hydrogen) atoms. The van der Waals surface area contributed by atoms with Gasteiger partial charge in [0.25, 0.3) is 0 Å². The Balaban J connectivity index is 2.28. The minimum absolute atomic E-state index is 1.11. The lowest BCUT2D eigenvalue weighted by atomic mass is 9.95. The van der Waals surface area contributed by atoms with E-state index >= 15 is 0 Å². The van der Waals surface area contributed by atoms with E-state index < -0.39 is 0 Å². The summed E-state index contributed by atoms with van der Waals surface area (Å²) in [4.78, 5) is 4.73. The van der Waals surface area contributed by atoms with Crippen molar-refractivity contribution in [3.05, 3.63) is 46.7 Å². The third kappa shape index (κ3) is 1.53. The topological polar surface area (TPSA) is 12.9 Å². The Kier molecular flexibility index (Phi) is 2.06. The van der Waals surface area contributed by atoms with Gasteiger partial charge in [0.1, 0.15) is 0 Å². The van der Waals surface area contributed by atoms with Crippen molar-refractivity contribution in [2.75, 3.05) is 0 Å². The van der Waals surface area contributed by atoms with Gasteiger partial charge < -0.3 is 0 Å². The van der Waals surface area contributed by atoms with Crippen LogP contribution in [-0.4, -0.2) is 4.98 Å². The summed E-state index contributed by atoms with van der Waals surface area (Å²) >= 11 is 0. The molecule has 1 heterocycles. The maximum atomic E-state index is 4.73. The largest absolute Gasteiger partial charge is 0.248 e. The van der Waals surface area contributed by atoms with E-state index in [0.29, 0.717) is 0 Å². The van der Waals surface area contributed by atoms with Crippen LogP contribution in [0.5, 0.6) is 0 Å². The zero-order valence-corrected chi connectivity index (χ0v) is 9.75. The third-order valence-electron chi connectivity index (χ3n) is 3.25. The number of allylic oxidation sites excluding steroid dienone is 1. The first-order valence-corrected chi connectivity index (χ1v) is 5.80. The van der Waals surface area contributed by atoms with Crippen LogP contribution in [0, 0.1) is 6.92 Å². The average Bonchev–Trinajstić information content (AvgIpc) is 2.26. The van der Waals surface area contributed by atoms with Crippen LogP contribution < -0.4 is 0 Å². The Morgan fingerprint density at radius 2 is 1.94 bits per heavy atom. The minimum atomic E-state index is 1.11. The number of nitrogens with zero attached hydrogens (tertiary/aromatic N) is 1. The van der Waals surface area contributed by atoms with E-state index in [9.17, 15) is 0 Å². The highest BCUT2D eigenvalue weighted by molar-refractivity contribution is 5.82. The summed E-state index contributed by atoms with van der Waals surface area (Å²) < 4.78 is 0. The van der Waals surface area contributed by atoms with Crippen LogP contribution in [0.2, 0.25) is 0 Å². The molecule has 0 saturated heterocycles. The molecule has 0 unspecified atom stereocenters. The molecular weight excluding hydrogens is 194 g/mol. The quantitative estimate of drug-likeness (QED) is 0.641.